The molecule has 114 valence electrons. The summed E-state index contributed by atoms with van der Waals surface area (Å²) >= 11 is 0. The molecule has 0 aliphatic rings. The minimum absolute atomic E-state index is 0.177. The first-order valence-corrected chi connectivity index (χ1v) is 7.15. The highest BCUT2D eigenvalue weighted by molar-refractivity contribution is 5.52. The number of rotatable bonds is 7. The Balaban J connectivity index is 2.08. The fourth-order valence-corrected chi connectivity index (χ4v) is 2.14. The van der Waals surface area contributed by atoms with E-state index in [1.165, 1.54) is 12.1 Å². The molecule has 2 aromatic rings. The largest absolute Gasteiger partial charge is 0.444 e. The van der Waals surface area contributed by atoms with Crippen LogP contribution in [0.2, 0.25) is 0 Å². The maximum Gasteiger partial charge on any atom is 0.226 e. The van der Waals surface area contributed by atoms with Gasteiger partial charge >= 0.3 is 0 Å². The van der Waals surface area contributed by atoms with Crippen molar-refractivity contribution >= 4 is 0 Å². The second kappa shape index (κ2) is 7.33. The lowest BCUT2D eigenvalue weighted by atomic mass is 10.2. The molecule has 1 N–H and O–H groups in total. The molecule has 0 radical (unpaired) electrons. The highest BCUT2D eigenvalue weighted by Gasteiger charge is 2.13. The summed E-state index contributed by atoms with van der Waals surface area (Å²) in [5, 5.41) is 8.95. The Kier molecular flexibility index (Phi) is 5.47. The maximum absolute atomic E-state index is 13.2. The number of halogens is 1. The number of aliphatic hydroxyl groups is 1. The van der Waals surface area contributed by atoms with Crippen LogP contribution in [0.1, 0.15) is 26.0 Å². The van der Waals surface area contributed by atoms with Crippen LogP contribution in [0, 0.1) is 5.82 Å². The Morgan fingerprint density at radius 2 is 2.19 bits per heavy atom. The van der Waals surface area contributed by atoms with Gasteiger partial charge in [0.05, 0.1) is 5.69 Å². The van der Waals surface area contributed by atoms with Crippen LogP contribution in [0.4, 0.5) is 4.39 Å². The van der Waals surface area contributed by atoms with E-state index in [-0.39, 0.29) is 12.4 Å². The van der Waals surface area contributed by atoms with Gasteiger partial charge in [0, 0.05) is 31.3 Å². The van der Waals surface area contributed by atoms with E-state index in [1.54, 1.807) is 18.4 Å². The van der Waals surface area contributed by atoms with Crippen LogP contribution in [0.5, 0.6) is 0 Å². The zero-order valence-electron chi connectivity index (χ0n) is 12.4. The van der Waals surface area contributed by atoms with Crippen molar-refractivity contribution in [3.63, 3.8) is 0 Å². The van der Waals surface area contributed by atoms with Crippen LogP contribution in [-0.2, 0) is 6.54 Å². The normalized spacial score (nSPS) is 11.5. The van der Waals surface area contributed by atoms with Crippen molar-refractivity contribution in [1.29, 1.82) is 0 Å². The molecule has 0 amide bonds. The van der Waals surface area contributed by atoms with E-state index in [1.807, 2.05) is 0 Å². The highest BCUT2D eigenvalue weighted by atomic mass is 19.1. The smallest absolute Gasteiger partial charge is 0.226 e. The Morgan fingerprint density at radius 3 is 2.86 bits per heavy atom. The molecule has 1 heterocycles. The Morgan fingerprint density at radius 1 is 1.38 bits per heavy atom. The van der Waals surface area contributed by atoms with Crippen molar-refractivity contribution in [1.82, 2.24) is 9.88 Å². The maximum atomic E-state index is 13.2. The van der Waals surface area contributed by atoms with Gasteiger partial charge in [-0.15, -0.1) is 0 Å². The van der Waals surface area contributed by atoms with E-state index < -0.39 is 0 Å². The molecule has 4 nitrogen and oxygen atoms in total. The average molecular weight is 292 g/mol. The number of hydrogen-bond donors (Lipinski definition) is 1. The molecule has 0 unspecified atom stereocenters. The summed E-state index contributed by atoms with van der Waals surface area (Å²) in [7, 11) is 0. The van der Waals surface area contributed by atoms with Crippen LogP contribution in [0.3, 0.4) is 0 Å². The first kappa shape index (κ1) is 15.7. The molecule has 2 rings (SSSR count). The van der Waals surface area contributed by atoms with Crippen molar-refractivity contribution in [3.05, 3.63) is 42.0 Å². The highest BCUT2D eigenvalue weighted by Crippen LogP contribution is 2.20. The summed E-state index contributed by atoms with van der Waals surface area (Å²) < 4.78 is 18.7. The number of benzene rings is 1. The topological polar surface area (TPSA) is 49.5 Å². The molecule has 0 saturated carbocycles. The zero-order valence-corrected chi connectivity index (χ0v) is 12.4. The van der Waals surface area contributed by atoms with Crippen molar-refractivity contribution in [2.45, 2.75) is 32.9 Å². The average Bonchev–Trinajstić information content (AvgIpc) is 2.91. The lowest BCUT2D eigenvalue weighted by Gasteiger charge is -2.24. The Labute approximate surface area is 124 Å². The van der Waals surface area contributed by atoms with Gasteiger partial charge in [-0.05, 0) is 38.5 Å². The van der Waals surface area contributed by atoms with Crippen LogP contribution in [0.15, 0.2) is 34.9 Å². The van der Waals surface area contributed by atoms with Gasteiger partial charge in [-0.1, -0.05) is 6.07 Å². The summed E-state index contributed by atoms with van der Waals surface area (Å²) in [6.45, 7) is 5.83. The van der Waals surface area contributed by atoms with Crippen LogP contribution >= 0.6 is 0 Å². The van der Waals surface area contributed by atoms with Crippen LogP contribution in [0.25, 0.3) is 11.5 Å². The summed E-state index contributed by atoms with van der Waals surface area (Å²) in [6.07, 6.45) is 2.33. The zero-order chi connectivity index (χ0) is 15.2. The first-order chi connectivity index (χ1) is 10.1. The van der Waals surface area contributed by atoms with E-state index in [2.05, 4.69) is 23.7 Å². The molecule has 5 heteroatoms. The number of aromatic nitrogens is 1. The third-order valence-electron chi connectivity index (χ3n) is 3.32. The molecule has 0 aliphatic heterocycles. The molecule has 0 saturated heterocycles. The van der Waals surface area contributed by atoms with Gasteiger partial charge in [-0.3, -0.25) is 4.90 Å². The standard InChI is InChI=1S/C16H21FN2O2/c1-12(2)19(7-4-8-20)10-15-11-21-16(18-15)13-5-3-6-14(17)9-13/h3,5-6,9,11-12,20H,4,7-8,10H2,1-2H3. The van der Waals surface area contributed by atoms with Crippen molar-refractivity contribution in [2.75, 3.05) is 13.2 Å². The van der Waals surface area contributed by atoms with Gasteiger partial charge in [0.25, 0.3) is 0 Å². The lowest BCUT2D eigenvalue weighted by molar-refractivity contribution is 0.183. The minimum Gasteiger partial charge on any atom is -0.444 e. The van der Waals surface area contributed by atoms with Crippen LogP contribution in [-0.4, -0.2) is 34.2 Å². The first-order valence-electron chi connectivity index (χ1n) is 7.15. The fourth-order valence-electron chi connectivity index (χ4n) is 2.14. The van der Waals surface area contributed by atoms with Crippen molar-refractivity contribution in [3.8, 4) is 11.5 Å². The van der Waals surface area contributed by atoms with Crippen molar-refractivity contribution < 1.29 is 13.9 Å². The quantitative estimate of drug-likeness (QED) is 0.852. The van der Waals surface area contributed by atoms with Gasteiger partial charge < -0.3 is 9.52 Å². The monoisotopic (exact) mass is 292 g/mol. The molecule has 0 bridgehead atoms. The molecule has 0 atom stereocenters. The second-order valence-electron chi connectivity index (χ2n) is 5.30. The second-order valence-corrected chi connectivity index (χ2v) is 5.30. The third kappa shape index (κ3) is 4.37. The summed E-state index contributed by atoms with van der Waals surface area (Å²) in [5.74, 6) is 0.120. The summed E-state index contributed by atoms with van der Waals surface area (Å²) in [5.41, 5.74) is 1.44. The summed E-state index contributed by atoms with van der Waals surface area (Å²) in [6, 6.07) is 6.55. The molecule has 0 aliphatic carbocycles. The molecule has 0 spiro atoms. The molecule has 0 fully saturated rings. The summed E-state index contributed by atoms with van der Waals surface area (Å²) in [4.78, 5) is 6.63. The Bertz CT molecular complexity index is 569. The lowest BCUT2D eigenvalue weighted by Crippen LogP contribution is -2.31. The molecular weight excluding hydrogens is 271 g/mol. The molecule has 1 aromatic carbocycles. The van der Waals surface area contributed by atoms with Crippen molar-refractivity contribution in [2.24, 2.45) is 0 Å². The fraction of sp³-hybridized carbons (Fsp3) is 0.438. The number of hydrogen-bond acceptors (Lipinski definition) is 4. The third-order valence-corrected chi connectivity index (χ3v) is 3.32. The van der Waals surface area contributed by atoms with Gasteiger partial charge in [0.15, 0.2) is 0 Å². The number of oxazole rings is 1. The van der Waals surface area contributed by atoms with E-state index in [0.29, 0.717) is 24.0 Å². The molecule has 21 heavy (non-hydrogen) atoms. The van der Waals surface area contributed by atoms with E-state index in [0.717, 1.165) is 18.7 Å². The number of aliphatic hydroxyl groups excluding tert-OH is 1. The number of nitrogens with zero attached hydrogens (tertiary/aromatic N) is 2. The SMILES string of the molecule is CC(C)N(CCCO)Cc1coc(-c2cccc(F)c2)n1. The van der Waals surface area contributed by atoms with Gasteiger partial charge in [0.2, 0.25) is 5.89 Å². The Hall–Kier alpha value is -1.72. The predicted octanol–water partition coefficient (Wildman–Crippen LogP) is 3.07. The van der Waals surface area contributed by atoms with Gasteiger partial charge in [-0.2, -0.15) is 0 Å². The van der Waals surface area contributed by atoms with E-state index in [9.17, 15) is 4.39 Å². The van der Waals surface area contributed by atoms with E-state index in [4.69, 9.17) is 9.52 Å². The predicted molar refractivity (Wildman–Crippen MR) is 79.1 cm³/mol. The van der Waals surface area contributed by atoms with Gasteiger partial charge in [-0.25, -0.2) is 9.37 Å². The molecule has 1 aromatic heterocycles. The van der Waals surface area contributed by atoms with Gasteiger partial charge in [0.1, 0.15) is 12.1 Å². The van der Waals surface area contributed by atoms with E-state index >= 15 is 0 Å². The minimum atomic E-state index is -0.306. The van der Waals surface area contributed by atoms with Crippen LogP contribution < -0.4 is 0 Å². The molecular formula is C16H21FN2O2.